The fourth-order valence-corrected chi connectivity index (χ4v) is 2.10. The molecule has 0 atom stereocenters. The van der Waals surface area contributed by atoms with Crippen molar-refractivity contribution in [1.82, 2.24) is 4.90 Å². The second-order valence-electron chi connectivity index (χ2n) is 4.07. The minimum absolute atomic E-state index is 0.289. The molecule has 1 fully saturated rings. The highest BCUT2D eigenvalue weighted by molar-refractivity contribution is 5.68. The van der Waals surface area contributed by atoms with Gasteiger partial charge in [-0.05, 0) is 12.1 Å². The van der Waals surface area contributed by atoms with E-state index >= 15 is 0 Å². The first-order valence-electron chi connectivity index (χ1n) is 5.83. The fraction of sp³-hybridized carbons (Fsp3) is 0.385. The minimum Gasteiger partial charge on any atom is -0.453 e. The second-order valence-corrected chi connectivity index (χ2v) is 4.07. The first-order valence-corrected chi connectivity index (χ1v) is 5.83. The summed E-state index contributed by atoms with van der Waals surface area (Å²) in [5.74, 6) is 0. The van der Waals surface area contributed by atoms with Crippen molar-refractivity contribution < 1.29 is 9.53 Å². The molecule has 18 heavy (non-hydrogen) atoms. The molecule has 0 spiro atoms. The molecule has 1 heterocycles. The van der Waals surface area contributed by atoms with Crippen LogP contribution in [0.15, 0.2) is 24.3 Å². The zero-order chi connectivity index (χ0) is 13.0. The van der Waals surface area contributed by atoms with E-state index in [1.165, 1.54) is 7.11 Å². The average molecular weight is 245 g/mol. The Hall–Kier alpha value is -2.22. The molecule has 1 aliphatic rings. The van der Waals surface area contributed by atoms with Crippen molar-refractivity contribution in [3.8, 4) is 6.07 Å². The first kappa shape index (κ1) is 12.2. The Morgan fingerprint density at radius 3 is 2.56 bits per heavy atom. The summed E-state index contributed by atoms with van der Waals surface area (Å²) >= 11 is 0. The van der Waals surface area contributed by atoms with Crippen LogP contribution in [0.5, 0.6) is 0 Å². The third-order valence-corrected chi connectivity index (χ3v) is 3.08. The number of carbonyl (C=O) groups is 1. The number of ether oxygens (including phenoxy) is 1. The lowest BCUT2D eigenvalue weighted by Crippen LogP contribution is -2.48. The Morgan fingerprint density at radius 1 is 1.28 bits per heavy atom. The number of hydrogen-bond acceptors (Lipinski definition) is 4. The summed E-state index contributed by atoms with van der Waals surface area (Å²) in [5, 5.41) is 9.07. The summed E-state index contributed by atoms with van der Waals surface area (Å²) in [6.45, 7) is 2.67. The van der Waals surface area contributed by atoms with Crippen molar-refractivity contribution in [2.24, 2.45) is 0 Å². The first-order chi connectivity index (χ1) is 8.76. The van der Waals surface area contributed by atoms with E-state index in [2.05, 4.69) is 11.0 Å². The van der Waals surface area contributed by atoms with Crippen LogP contribution in [0, 0.1) is 11.3 Å². The van der Waals surface area contributed by atoms with Gasteiger partial charge in [-0.25, -0.2) is 4.79 Å². The molecule has 1 saturated heterocycles. The van der Waals surface area contributed by atoms with Crippen LogP contribution in [0.2, 0.25) is 0 Å². The molecular weight excluding hydrogens is 230 g/mol. The molecule has 1 amide bonds. The zero-order valence-corrected chi connectivity index (χ0v) is 10.3. The minimum atomic E-state index is -0.289. The van der Waals surface area contributed by atoms with Gasteiger partial charge in [0.25, 0.3) is 0 Å². The number of nitriles is 1. The number of benzene rings is 1. The summed E-state index contributed by atoms with van der Waals surface area (Å²) in [6, 6.07) is 9.71. The van der Waals surface area contributed by atoms with Crippen molar-refractivity contribution in [1.29, 1.82) is 5.26 Å². The Balaban J connectivity index is 2.06. The molecule has 0 unspecified atom stereocenters. The quantitative estimate of drug-likeness (QED) is 0.751. The Labute approximate surface area is 106 Å². The molecule has 1 aliphatic heterocycles. The monoisotopic (exact) mass is 245 g/mol. The van der Waals surface area contributed by atoms with Crippen LogP contribution >= 0.6 is 0 Å². The normalized spacial score (nSPS) is 15.1. The highest BCUT2D eigenvalue weighted by Crippen LogP contribution is 2.21. The molecule has 1 aromatic carbocycles. The van der Waals surface area contributed by atoms with Gasteiger partial charge in [0.2, 0.25) is 0 Å². The molecule has 1 aromatic rings. The van der Waals surface area contributed by atoms with Gasteiger partial charge in [0.15, 0.2) is 0 Å². The standard InChI is InChI=1S/C13H15N3O2/c1-18-13(17)16-8-6-15(7-9-16)12-5-3-2-4-11(12)10-14/h2-5H,6-9H2,1H3. The highest BCUT2D eigenvalue weighted by Gasteiger charge is 2.22. The van der Waals surface area contributed by atoms with Crippen molar-refractivity contribution in [2.75, 3.05) is 38.2 Å². The number of nitrogens with zero attached hydrogens (tertiary/aromatic N) is 3. The molecule has 0 radical (unpaired) electrons. The van der Waals surface area contributed by atoms with Crippen molar-refractivity contribution in [3.05, 3.63) is 29.8 Å². The molecule has 0 bridgehead atoms. The van der Waals surface area contributed by atoms with Gasteiger partial charge >= 0.3 is 6.09 Å². The van der Waals surface area contributed by atoms with Crippen LogP contribution in [0.25, 0.3) is 0 Å². The molecule has 0 aromatic heterocycles. The SMILES string of the molecule is COC(=O)N1CCN(c2ccccc2C#N)CC1. The molecule has 94 valence electrons. The molecule has 0 N–H and O–H groups in total. The lowest BCUT2D eigenvalue weighted by Gasteiger charge is -2.35. The Bertz CT molecular complexity index is 473. The summed E-state index contributed by atoms with van der Waals surface area (Å²) in [6.07, 6.45) is -0.289. The van der Waals surface area contributed by atoms with E-state index in [1.807, 2.05) is 24.3 Å². The Kier molecular flexibility index (Phi) is 3.68. The molecule has 0 saturated carbocycles. The number of hydrogen-bond donors (Lipinski definition) is 0. The van der Waals surface area contributed by atoms with Gasteiger partial charge < -0.3 is 14.5 Å². The molecular formula is C13H15N3O2. The molecule has 5 heteroatoms. The summed E-state index contributed by atoms with van der Waals surface area (Å²) in [5.41, 5.74) is 1.61. The average Bonchev–Trinajstić information content (AvgIpc) is 2.46. The maximum atomic E-state index is 11.4. The van der Waals surface area contributed by atoms with E-state index < -0.39 is 0 Å². The van der Waals surface area contributed by atoms with Crippen LogP contribution in [0.1, 0.15) is 5.56 Å². The predicted molar refractivity (Wildman–Crippen MR) is 67.3 cm³/mol. The van der Waals surface area contributed by atoms with Gasteiger partial charge in [-0.1, -0.05) is 12.1 Å². The number of piperazine rings is 1. The third-order valence-electron chi connectivity index (χ3n) is 3.08. The fourth-order valence-electron chi connectivity index (χ4n) is 2.10. The number of rotatable bonds is 1. The second kappa shape index (κ2) is 5.41. The van der Waals surface area contributed by atoms with Gasteiger partial charge in [0.1, 0.15) is 6.07 Å². The topological polar surface area (TPSA) is 56.6 Å². The van der Waals surface area contributed by atoms with E-state index in [1.54, 1.807) is 4.90 Å². The van der Waals surface area contributed by atoms with Crippen molar-refractivity contribution >= 4 is 11.8 Å². The number of methoxy groups -OCH3 is 1. The predicted octanol–water partition coefficient (Wildman–Crippen LogP) is 1.45. The smallest absolute Gasteiger partial charge is 0.409 e. The molecule has 5 nitrogen and oxygen atoms in total. The van der Waals surface area contributed by atoms with Gasteiger partial charge in [-0.2, -0.15) is 5.26 Å². The zero-order valence-electron chi connectivity index (χ0n) is 10.3. The number of amides is 1. The molecule has 2 rings (SSSR count). The maximum Gasteiger partial charge on any atom is 0.409 e. The number of anilines is 1. The Morgan fingerprint density at radius 2 is 1.94 bits per heavy atom. The van der Waals surface area contributed by atoms with E-state index in [9.17, 15) is 4.79 Å². The van der Waals surface area contributed by atoms with E-state index in [-0.39, 0.29) is 6.09 Å². The van der Waals surface area contributed by atoms with Gasteiger partial charge in [-0.15, -0.1) is 0 Å². The highest BCUT2D eigenvalue weighted by atomic mass is 16.5. The van der Waals surface area contributed by atoms with Crippen molar-refractivity contribution in [3.63, 3.8) is 0 Å². The summed E-state index contributed by atoms with van der Waals surface area (Å²) in [4.78, 5) is 15.2. The van der Waals surface area contributed by atoms with Gasteiger partial charge in [-0.3, -0.25) is 0 Å². The number of para-hydroxylation sites is 1. The van der Waals surface area contributed by atoms with Gasteiger partial charge in [0.05, 0.1) is 18.4 Å². The van der Waals surface area contributed by atoms with Crippen LogP contribution in [-0.2, 0) is 4.74 Å². The lowest BCUT2D eigenvalue weighted by molar-refractivity contribution is 0.121. The molecule has 0 aliphatic carbocycles. The van der Waals surface area contributed by atoms with Crippen LogP contribution < -0.4 is 4.90 Å². The summed E-state index contributed by atoms with van der Waals surface area (Å²) < 4.78 is 4.69. The van der Waals surface area contributed by atoms with E-state index in [4.69, 9.17) is 10.00 Å². The van der Waals surface area contributed by atoms with Crippen molar-refractivity contribution in [2.45, 2.75) is 0 Å². The maximum absolute atomic E-state index is 11.4. The lowest BCUT2D eigenvalue weighted by atomic mass is 10.1. The van der Waals surface area contributed by atoms with Crippen LogP contribution in [0.4, 0.5) is 10.5 Å². The van der Waals surface area contributed by atoms with Crippen LogP contribution in [-0.4, -0.2) is 44.3 Å². The van der Waals surface area contributed by atoms with Gasteiger partial charge in [0, 0.05) is 26.2 Å². The van der Waals surface area contributed by atoms with Crippen LogP contribution in [0.3, 0.4) is 0 Å². The largest absolute Gasteiger partial charge is 0.453 e. The summed E-state index contributed by atoms with van der Waals surface area (Å²) in [7, 11) is 1.39. The third kappa shape index (κ3) is 2.38. The van der Waals surface area contributed by atoms with E-state index in [0.717, 1.165) is 5.69 Å². The number of carbonyl (C=O) groups excluding carboxylic acids is 1. The van der Waals surface area contributed by atoms with E-state index in [0.29, 0.717) is 31.7 Å².